The Labute approximate surface area is 178 Å². The van der Waals surface area contributed by atoms with E-state index in [0.29, 0.717) is 13.1 Å². The van der Waals surface area contributed by atoms with E-state index in [1.165, 1.54) is 0 Å². The highest BCUT2D eigenvalue weighted by atomic mass is 16.5. The fraction of sp³-hybridized carbons (Fsp3) is 0.458. The van der Waals surface area contributed by atoms with Crippen molar-refractivity contribution >= 4 is 11.7 Å². The molecular weight excluding hydrogens is 378 g/mol. The summed E-state index contributed by atoms with van der Waals surface area (Å²) in [5, 5.41) is 13.1. The van der Waals surface area contributed by atoms with Gasteiger partial charge in [-0.2, -0.15) is 0 Å². The second kappa shape index (κ2) is 8.56. The molecule has 0 aliphatic carbocycles. The highest BCUT2D eigenvalue weighted by Crippen LogP contribution is 2.49. The predicted molar refractivity (Wildman–Crippen MR) is 119 cm³/mol. The normalized spacial score (nSPS) is 22.5. The van der Waals surface area contributed by atoms with E-state index in [-0.39, 0.29) is 30.6 Å². The Balaban J connectivity index is 1.75. The molecule has 2 aromatic rings. The van der Waals surface area contributed by atoms with Crippen LogP contribution in [0.5, 0.6) is 5.75 Å². The first-order valence-electron chi connectivity index (χ1n) is 10.8. The van der Waals surface area contributed by atoms with Gasteiger partial charge in [0.2, 0.25) is 0 Å². The smallest absolute Gasteiger partial charge is 0.317 e. The van der Waals surface area contributed by atoms with Crippen molar-refractivity contribution in [3.8, 4) is 16.9 Å². The van der Waals surface area contributed by atoms with E-state index >= 15 is 0 Å². The molecule has 0 unspecified atom stereocenters. The van der Waals surface area contributed by atoms with Gasteiger partial charge in [0.05, 0.1) is 25.8 Å². The topological polar surface area (TPSA) is 65.0 Å². The number of hydrogen-bond donors (Lipinski definition) is 2. The number of hydrogen-bond acceptors (Lipinski definition) is 4. The number of nitrogens with one attached hydrogen (secondary N) is 1. The minimum atomic E-state index is -0.0246. The fourth-order valence-corrected chi connectivity index (χ4v) is 4.98. The van der Waals surface area contributed by atoms with Gasteiger partial charge in [0.25, 0.3) is 0 Å². The lowest BCUT2D eigenvalue weighted by molar-refractivity contribution is 0.161. The first kappa shape index (κ1) is 20.5. The van der Waals surface area contributed by atoms with Crippen LogP contribution in [0.15, 0.2) is 42.5 Å². The van der Waals surface area contributed by atoms with Gasteiger partial charge in [0.15, 0.2) is 0 Å². The van der Waals surface area contributed by atoms with Crippen LogP contribution in [0.2, 0.25) is 0 Å². The molecule has 2 aromatic carbocycles. The molecule has 1 saturated heterocycles. The van der Waals surface area contributed by atoms with Crippen LogP contribution in [0.25, 0.3) is 11.1 Å². The monoisotopic (exact) mass is 409 g/mol. The molecule has 160 valence electrons. The van der Waals surface area contributed by atoms with Gasteiger partial charge in [-0.15, -0.1) is 0 Å². The molecule has 0 radical (unpaired) electrons. The molecule has 2 aliphatic heterocycles. The number of nitrogens with zero attached hydrogens (tertiary/aromatic N) is 2. The van der Waals surface area contributed by atoms with Crippen LogP contribution < -0.4 is 15.0 Å². The maximum absolute atomic E-state index is 12.9. The quantitative estimate of drug-likeness (QED) is 0.791. The standard InChI is InChI=1S/C24H31N3O3/c1-4-12-25-24(29)27-13-11-19-22(15-28)26(2)21-10-7-17(14-20(21)23(19)27)16-5-8-18(30-3)9-6-16/h5-10,14,19,22-23,28H,4,11-13,15H2,1-3H3,(H,25,29)/t19-,22-,23-/m0/s1. The van der Waals surface area contributed by atoms with Crippen molar-refractivity contribution in [2.75, 3.05) is 38.8 Å². The van der Waals surface area contributed by atoms with Crippen molar-refractivity contribution in [2.45, 2.75) is 31.8 Å². The molecule has 0 aromatic heterocycles. The highest BCUT2D eigenvalue weighted by Gasteiger charge is 2.47. The molecule has 2 N–H and O–H groups in total. The summed E-state index contributed by atoms with van der Waals surface area (Å²) in [5.41, 5.74) is 4.47. The second-order valence-electron chi connectivity index (χ2n) is 8.19. The van der Waals surface area contributed by atoms with Gasteiger partial charge in [-0.05, 0) is 53.8 Å². The Morgan fingerprint density at radius 1 is 1.20 bits per heavy atom. The Hall–Kier alpha value is -2.73. The summed E-state index contributed by atoms with van der Waals surface area (Å²) in [4.78, 5) is 17.0. The summed E-state index contributed by atoms with van der Waals surface area (Å²) in [7, 11) is 3.71. The van der Waals surface area contributed by atoms with E-state index in [0.717, 1.165) is 41.0 Å². The van der Waals surface area contributed by atoms with Crippen molar-refractivity contribution in [1.82, 2.24) is 10.2 Å². The summed E-state index contributed by atoms with van der Waals surface area (Å²) in [6, 6.07) is 14.5. The van der Waals surface area contributed by atoms with Gasteiger partial charge < -0.3 is 25.0 Å². The van der Waals surface area contributed by atoms with Crippen molar-refractivity contribution in [2.24, 2.45) is 5.92 Å². The van der Waals surface area contributed by atoms with Gasteiger partial charge in [-0.25, -0.2) is 4.79 Å². The number of rotatable bonds is 5. The fourth-order valence-electron chi connectivity index (χ4n) is 4.98. The average molecular weight is 410 g/mol. The number of amides is 2. The largest absolute Gasteiger partial charge is 0.497 e. The minimum absolute atomic E-state index is 0.00797. The Bertz CT molecular complexity index is 899. The lowest BCUT2D eigenvalue weighted by Crippen LogP contribution is -2.49. The lowest BCUT2D eigenvalue weighted by atomic mass is 9.81. The molecule has 30 heavy (non-hydrogen) atoms. The van der Waals surface area contributed by atoms with E-state index in [9.17, 15) is 9.90 Å². The zero-order valence-corrected chi connectivity index (χ0v) is 18.0. The summed E-state index contributed by atoms with van der Waals surface area (Å²) >= 11 is 0. The molecule has 0 spiro atoms. The zero-order valence-electron chi connectivity index (χ0n) is 18.0. The predicted octanol–water partition coefficient (Wildman–Crippen LogP) is 3.66. The number of urea groups is 1. The third-order valence-electron chi connectivity index (χ3n) is 6.56. The van der Waals surface area contributed by atoms with Crippen molar-refractivity contribution in [3.05, 3.63) is 48.0 Å². The first-order valence-corrected chi connectivity index (χ1v) is 10.8. The zero-order chi connectivity index (χ0) is 21.3. The molecule has 3 atom stereocenters. The van der Waals surface area contributed by atoms with Crippen LogP contribution in [-0.4, -0.2) is 55.9 Å². The van der Waals surface area contributed by atoms with Crippen molar-refractivity contribution in [3.63, 3.8) is 0 Å². The van der Waals surface area contributed by atoms with Gasteiger partial charge >= 0.3 is 6.03 Å². The molecule has 2 heterocycles. The maximum Gasteiger partial charge on any atom is 0.317 e. The van der Waals surface area contributed by atoms with Gasteiger partial charge in [-0.3, -0.25) is 0 Å². The number of likely N-dealkylation sites (N-methyl/N-ethyl adjacent to an activating group) is 1. The van der Waals surface area contributed by atoms with Crippen LogP contribution in [0.4, 0.5) is 10.5 Å². The molecule has 1 fully saturated rings. The number of aliphatic hydroxyl groups is 1. The molecule has 2 amide bonds. The Morgan fingerprint density at radius 3 is 2.60 bits per heavy atom. The number of aliphatic hydroxyl groups excluding tert-OH is 1. The van der Waals surface area contributed by atoms with Crippen LogP contribution in [-0.2, 0) is 0 Å². The van der Waals surface area contributed by atoms with Crippen LogP contribution >= 0.6 is 0 Å². The van der Waals surface area contributed by atoms with E-state index in [1.807, 2.05) is 24.1 Å². The summed E-state index contributed by atoms with van der Waals surface area (Å²) in [6.45, 7) is 3.53. The number of anilines is 1. The summed E-state index contributed by atoms with van der Waals surface area (Å²) in [5.74, 6) is 1.04. The molecule has 6 nitrogen and oxygen atoms in total. The maximum atomic E-state index is 12.9. The summed E-state index contributed by atoms with van der Waals surface area (Å²) in [6.07, 6.45) is 1.81. The van der Waals surface area contributed by atoms with E-state index < -0.39 is 0 Å². The highest BCUT2D eigenvalue weighted by molar-refractivity contribution is 5.77. The molecule has 0 saturated carbocycles. The van der Waals surface area contributed by atoms with E-state index in [4.69, 9.17) is 4.74 Å². The number of methoxy groups -OCH3 is 1. The number of fused-ring (bicyclic) bond motifs is 3. The number of carbonyl (C=O) groups is 1. The Kier molecular flexibility index (Phi) is 5.86. The van der Waals surface area contributed by atoms with E-state index in [2.05, 4.69) is 47.5 Å². The van der Waals surface area contributed by atoms with Gasteiger partial charge in [-0.1, -0.05) is 25.1 Å². The Morgan fingerprint density at radius 2 is 1.93 bits per heavy atom. The van der Waals surface area contributed by atoms with E-state index in [1.54, 1.807) is 7.11 Å². The van der Waals surface area contributed by atoms with Crippen LogP contribution in [0, 0.1) is 5.92 Å². The number of likely N-dealkylation sites (tertiary alicyclic amines) is 1. The van der Waals surface area contributed by atoms with Crippen molar-refractivity contribution in [1.29, 1.82) is 0 Å². The number of ether oxygens (including phenoxy) is 1. The van der Waals surface area contributed by atoms with Crippen LogP contribution in [0.1, 0.15) is 31.4 Å². The molecule has 6 heteroatoms. The van der Waals surface area contributed by atoms with Gasteiger partial charge in [0, 0.05) is 31.7 Å². The second-order valence-corrected chi connectivity index (χ2v) is 8.19. The minimum Gasteiger partial charge on any atom is -0.497 e. The molecular formula is C24H31N3O3. The molecule has 2 aliphatic rings. The number of carbonyl (C=O) groups excluding carboxylic acids is 1. The third-order valence-corrected chi connectivity index (χ3v) is 6.56. The molecule has 4 rings (SSSR count). The lowest BCUT2D eigenvalue weighted by Gasteiger charge is -2.44. The number of benzene rings is 2. The van der Waals surface area contributed by atoms with Crippen LogP contribution in [0.3, 0.4) is 0 Å². The first-order chi connectivity index (χ1) is 14.6. The van der Waals surface area contributed by atoms with Crippen molar-refractivity contribution < 1.29 is 14.6 Å². The SMILES string of the molecule is CCCNC(=O)N1CC[C@@H]2[C@H]1c1cc(-c3ccc(OC)cc3)ccc1N(C)[C@H]2CO. The third kappa shape index (κ3) is 3.49. The average Bonchev–Trinajstić information content (AvgIpc) is 3.23. The van der Waals surface area contributed by atoms with Gasteiger partial charge in [0.1, 0.15) is 5.75 Å². The summed E-state index contributed by atoms with van der Waals surface area (Å²) < 4.78 is 5.28. The molecule has 0 bridgehead atoms.